The van der Waals surface area contributed by atoms with Crippen LogP contribution in [-0.2, 0) is 4.79 Å². The summed E-state index contributed by atoms with van der Waals surface area (Å²) in [4.78, 5) is 16.5. The lowest BCUT2D eigenvalue weighted by Gasteiger charge is -2.13. The zero-order chi connectivity index (χ0) is 17.5. The van der Waals surface area contributed by atoms with Gasteiger partial charge in [0.25, 0.3) is 5.91 Å². The molecule has 0 aliphatic rings. The van der Waals surface area contributed by atoms with Gasteiger partial charge in [-0.3, -0.25) is 4.79 Å². The summed E-state index contributed by atoms with van der Waals surface area (Å²) in [7, 11) is 0. The second kappa shape index (κ2) is 7.93. The van der Waals surface area contributed by atoms with Crippen molar-refractivity contribution in [1.82, 2.24) is 4.98 Å². The number of nitrogens with zero attached hydrogens (tertiary/aromatic N) is 2. The van der Waals surface area contributed by atoms with Crippen LogP contribution < -0.4 is 10.6 Å². The van der Waals surface area contributed by atoms with Crippen molar-refractivity contribution in [2.45, 2.75) is 26.7 Å². The molecule has 1 aromatic carbocycles. The van der Waals surface area contributed by atoms with E-state index in [4.69, 9.17) is 0 Å². The Morgan fingerprint density at radius 3 is 2.71 bits per heavy atom. The number of rotatable bonds is 5. The Labute approximate surface area is 142 Å². The zero-order valence-electron chi connectivity index (χ0n) is 14.0. The fourth-order valence-corrected chi connectivity index (χ4v) is 2.21. The van der Waals surface area contributed by atoms with Gasteiger partial charge in [-0.15, -0.1) is 0 Å². The number of anilines is 2. The van der Waals surface area contributed by atoms with Crippen LogP contribution in [0.1, 0.15) is 30.9 Å². The van der Waals surface area contributed by atoms with Crippen molar-refractivity contribution >= 4 is 17.4 Å². The lowest BCUT2D eigenvalue weighted by Crippen LogP contribution is -2.16. The summed E-state index contributed by atoms with van der Waals surface area (Å²) < 4.78 is 0. The molecule has 0 aliphatic heterocycles. The molecule has 1 aromatic heterocycles. The molecular weight excluding hydrogens is 300 g/mol. The predicted molar refractivity (Wildman–Crippen MR) is 95.5 cm³/mol. The van der Waals surface area contributed by atoms with E-state index in [0.717, 1.165) is 11.1 Å². The average molecular weight is 320 g/mol. The predicted octanol–water partition coefficient (Wildman–Crippen LogP) is 3.97. The maximum Gasteiger partial charge on any atom is 0.267 e. The van der Waals surface area contributed by atoms with Gasteiger partial charge in [-0.25, -0.2) is 4.98 Å². The normalized spacial score (nSPS) is 11.0. The first-order valence-electron chi connectivity index (χ1n) is 7.71. The Bertz CT molecular complexity index is 803. The van der Waals surface area contributed by atoms with Crippen LogP contribution in [0, 0.1) is 18.3 Å². The van der Waals surface area contributed by atoms with Gasteiger partial charge in [0, 0.05) is 18.1 Å². The van der Waals surface area contributed by atoms with Crippen molar-refractivity contribution < 1.29 is 4.79 Å². The first-order chi connectivity index (χ1) is 11.5. The number of hydrogen-bond acceptors (Lipinski definition) is 4. The number of hydrogen-bond donors (Lipinski definition) is 2. The molecule has 0 atom stereocenters. The number of benzene rings is 1. The second-order valence-corrected chi connectivity index (χ2v) is 5.73. The highest BCUT2D eigenvalue weighted by molar-refractivity contribution is 6.07. The third-order valence-corrected chi connectivity index (χ3v) is 3.48. The minimum atomic E-state index is -0.453. The largest absolute Gasteiger partial charge is 0.345 e. The molecule has 0 spiro atoms. The minimum Gasteiger partial charge on any atom is -0.345 e. The topological polar surface area (TPSA) is 77.8 Å². The molecule has 2 aromatic rings. The van der Waals surface area contributed by atoms with Gasteiger partial charge in [-0.1, -0.05) is 32.0 Å². The van der Waals surface area contributed by atoms with Gasteiger partial charge < -0.3 is 10.6 Å². The monoisotopic (exact) mass is 320 g/mol. The molecule has 122 valence electrons. The Hall–Kier alpha value is -3.13. The summed E-state index contributed by atoms with van der Waals surface area (Å²) >= 11 is 0. The average Bonchev–Trinajstić information content (AvgIpc) is 2.55. The number of nitrogens with one attached hydrogen (secondary N) is 2. The number of carbonyl (C=O) groups excluding carboxylic acids is 1. The van der Waals surface area contributed by atoms with Crippen molar-refractivity contribution in [3.63, 3.8) is 0 Å². The Morgan fingerprint density at radius 1 is 1.29 bits per heavy atom. The van der Waals surface area contributed by atoms with Crippen LogP contribution >= 0.6 is 0 Å². The fourth-order valence-electron chi connectivity index (χ4n) is 2.21. The van der Waals surface area contributed by atoms with Gasteiger partial charge >= 0.3 is 0 Å². The zero-order valence-corrected chi connectivity index (χ0v) is 14.0. The molecule has 5 heteroatoms. The molecule has 0 unspecified atom stereocenters. The van der Waals surface area contributed by atoms with E-state index < -0.39 is 5.91 Å². The van der Waals surface area contributed by atoms with E-state index in [1.807, 2.05) is 49.4 Å². The molecule has 24 heavy (non-hydrogen) atoms. The van der Waals surface area contributed by atoms with Crippen LogP contribution in [0.4, 0.5) is 11.5 Å². The summed E-state index contributed by atoms with van der Waals surface area (Å²) in [5.41, 5.74) is 2.76. The summed E-state index contributed by atoms with van der Waals surface area (Å²) in [5, 5.41) is 14.9. The van der Waals surface area contributed by atoms with Crippen molar-refractivity contribution in [1.29, 1.82) is 5.26 Å². The van der Waals surface area contributed by atoms with Gasteiger partial charge in [-0.2, -0.15) is 5.26 Å². The first-order valence-corrected chi connectivity index (χ1v) is 7.71. The maximum atomic E-state index is 12.3. The van der Waals surface area contributed by atoms with Crippen molar-refractivity contribution in [3.8, 4) is 6.07 Å². The van der Waals surface area contributed by atoms with Gasteiger partial charge in [0.2, 0.25) is 0 Å². The molecule has 0 saturated heterocycles. The van der Waals surface area contributed by atoms with Gasteiger partial charge in [0.05, 0.1) is 0 Å². The highest BCUT2D eigenvalue weighted by Gasteiger charge is 2.13. The van der Waals surface area contributed by atoms with Gasteiger partial charge in [-0.05, 0) is 42.2 Å². The molecule has 0 radical (unpaired) electrons. The van der Waals surface area contributed by atoms with Crippen LogP contribution in [-0.4, -0.2) is 10.9 Å². The second-order valence-electron chi connectivity index (χ2n) is 5.73. The summed E-state index contributed by atoms with van der Waals surface area (Å²) in [6, 6.07) is 13.2. The lowest BCUT2D eigenvalue weighted by molar-refractivity contribution is -0.112. The number of amides is 1. The molecule has 1 heterocycles. The molecule has 0 bridgehead atoms. The molecule has 5 nitrogen and oxygen atoms in total. The molecule has 0 aliphatic carbocycles. The van der Waals surface area contributed by atoms with Crippen LogP contribution in [0.2, 0.25) is 0 Å². The summed E-state index contributed by atoms with van der Waals surface area (Å²) in [5.74, 6) is 0.398. The highest BCUT2D eigenvalue weighted by atomic mass is 16.1. The molecule has 0 saturated carbocycles. The van der Waals surface area contributed by atoms with Crippen LogP contribution in [0.15, 0.2) is 54.4 Å². The SMILES string of the molecule is Cc1ccnc(N/C=C(/C#N)C(=O)Nc2ccccc2C(C)C)c1. The number of aryl methyl sites for hydroxylation is 1. The third-order valence-electron chi connectivity index (χ3n) is 3.48. The van der Waals surface area contributed by atoms with E-state index in [9.17, 15) is 10.1 Å². The van der Waals surface area contributed by atoms with Crippen LogP contribution in [0.3, 0.4) is 0 Å². The number of nitriles is 1. The van der Waals surface area contributed by atoms with Crippen LogP contribution in [0.5, 0.6) is 0 Å². The maximum absolute atomic E-state index is 12.3. The van der Waals surface area contributed by atoms with E-state index in [1.165, 1.54) is 6.20 Å². The van der Waals surface area contributed by atoms with E-state index in [1.54, 1.807) is 6.20 Å². The van der Waals surface area contributed by atoms with E-state index >= 15 is 0 Å². The number of pyridine rings is 1. The van der Waals surface area contributed by atoms with E-state index in [0.29, 0.717) is 11.5 Å². The first kappa shape index (κ1) is 17.2. The number of carbonyl (C=O) groups is 1. The van der Waals surface area contributed by atoms with Gasteiger partial charge in [0.15, 0.2) is 0 Å². The Morgan fingerprint density at radius 2 is 2.04 bits per heavy atom. The van der Waals surface area contributed by atoms with Crippen molar-refractivity contribution in [2.24, 2.45) is 0 Å². The van der Waals surface area contributed by atoms with Gasteiger partial charge in [0.1, 0.15) is 17.5 Å². The fraction of sp³-hybridized carbons (Fsp3) is 0.211. The van der Waals surface area contributed by atoms with E-state index in [2.05, 4.69) is 29.5 Å². The number of para-hydroxylation sites is 1. The van der Waals surface area contributed by atoms with Crippen molar-refractivity contribution in [2.75, 3.05) is 10.6 Å². The molecular formula is C19H20N4O. The lowest BCUT2D eigenvalue weighted by atomic mass is 10.0. The minimum absolute atomic E-state index is 0.0168. The highest BCUT2D eigenvalue weighted by Crippen LogP contribution is 2.24. The number of aromatic nitrogens is 1. The van der Waals surface area contributed by atoms with E-state index in [-0.39, 0.29) is 11.5 Å². The summed E-state index contributed by atoms with van der Waals surface area (Å²) in [6.45, 7) is 6.05. The van der Waals surface area contributed by atoms with Crippen LogP contribution in [0.25, 0.3) is 0 Å². The smallest absolute Gasteiger partial charge is 0.267 e. The Kier molecular flexibility index (Phi) is 5.69. The molecule has 1 amide bonds. The summed E-state index contributed by atoms with van der Waals surface area (Å²) in [6.07, 6.45) is 3.03. The molecule has 0 fully saturated rings. The quantitative estimate of drug-likeness (QED) is 0.645. The Balaban J connectivity index is 2.15. The van der Waals surface area contributed by atoms with Crippen molar-refractivity contribution in [3.05, 3.63) is 65.5 Å². The third kappa shape index (κ3) is 4.43. The molecule has 2 N–H and O–H groups in total. The molecule has 2 rings (SSSR count). The standard InChI is InChI=1S/C19H20N4O/c1-13(2)16-6-4-5-7-17(16)23-19(24)15(11-20)12-22-18-10-14(3)8-9-21-18/h4-10,12-13H,1-3H3,(H,21,22)(H,23,24)/b15-12-.